The van der Waals surface area contributed by atoms with Gasteiger partial charge in [0.05, 0.1) is 5.41 Å². The predicted octanol–water partition coefficient (Wildman–Crippen LogP) is 3.27. The van der Waals surface area contributed by atoms with Crippen molar-refractivity contribution in [3.05, 3.63) is 71.8 Å². The van der Waals surface area contributed by atoms with Crippen LogP contribution in [0, 0.1) is 0 Å². The van der Waals surface area contributed by atoms with Crippen molar-refractivity contribution in [2.24, 2.45) is 0 Å². The zero-order valence-electron chi connectivity index (χ0n) is 16.2. The van der Waals surface area contributed by atoms with Crippen molar-refractivity contribution in [1.82, 2.24) is 9.80 Å². The van der Waals surface area contributed by atoms with Crippen molar-refractivity contribution in [2.45, 2.75) is 32.1 Å². The number of carbonyl (C=O) groups is 2. The Kier molecular flexibility index (Phi) is 5.94. The van der Waals surface area contributed by atoms with Gasteiger partial charge < -0.3 is 9.80 Å². The highest BCUT2D eigenvalue weighted by Crippen LogP contribution is 2.26. The third-order valence-electron chi connectivity index (χ3n) is 5.42. The Morgan fingerprint density at radius 1 is 0.815 bits per heavy atom. The van der Waals surface area contributed by atoms with E-state index in [1.54, 1.807) is 0 Å². The summed E-state index contributed by atoms with van der Waals surface area (Å²) < 4.78 is 0. The molecule has 0 atom stereocenters. The Balaban J connectivity index is 1.52. The fourth-order valence-corrected chi connectivity index (χ4v) is 3.59. The summed E-state index contributed by atoms with van der Waals surface area (Å²) in [6.45, 7) is 6.39. The minimum Gasteiger partial charge on any atom is -0.339 e. The van der Waals surface area contributed by atoms with E-state index in [0.717, 1.165) is 12.0 Å². The van der Waals surface area contributed by atoms with E-state index in [-0.39, 0.29) is 11.8 Å². The summed E-state index contributed by atoms with van der Waals surface area (Å²) >= 11 is 0. The molecule has 0 aromatic heterocycles. The molecule has 2 aromatic rings. The molecule has 1 fully saturated rings. The van der Waals surface area contributed by atoms with Crippen LogP contribution in [0.15, 0.2) is 60.7 Å². The van der Waals surface area contributed by atoms with E-state index in [9.17, 15) is 9.59 Å². The van der Waals surface area contributed by atoms with Crippen LogP contribution in [0.2, 0.25) is 0 Å². The van der Waals surface area contributed by atoms with Gasteiger partial charge in [0.25, 0.3) is 0 Å². The molecule has 1 heterocycles. The monoisotopic (exact) mass is 364 g/mol. The van der Waals surface area contributed by atoms with E-state index >= 15 is 0 Å². The molecule has 0 aliphatic carbocycles. The van der Waals surface area contributed by atoms with Gasteiger partial charge in [0.1, 0.15) is 0 Å². The summed E-state index contributed by atoms with van der Waals surface area (Å²) in [5, 5.41) is 0. The number of aryl methyl sites for hydroxylation is 1. The topological polar surface area (TPSA) is 40.6 Å². The first kappa shape index (κ1) is 19.2. The maximum atomic E-state index is 13.0. The largest absolute Gasteiger partial charge is 0.339 e. The molecule has 2 aromatic carbocycles. The number of nitrogens with zero attached hydrogens (tertiary/aromatic N) is 2. The molecule has 2 amide bonds. The minimum absolute atomic E-state index is 0.130. The predicted molar refractivity (Wildman–Crippen MR) is 107 cm³/mol. The lowest BCUT2D eigenvalue weighted by molar-refractivity contribution is -0.142. The Bertz CT molecular complexity index is 763. The summed E-state index contributed by atoms with van der Waals surface area (Å²) in [5.41, 5.74) is 1.65. The fraction of sp³-hybridized carbons (Fsp3) is 0.391. The highest BCUT2D eigenvalue weighted by molar-refractivity contribution is 5.87. The molecule has 3 rings (SSSR count). The zero-order chi connectivity index (χ0) is 19.3. The molecule has 1 aliphatic heterocycles. The number of rotatable bonds is 5. The summed E-state index contributed by atoms with van der Waals surface area (Å²) in [6.07, 6.45) is 1.29. The van der Waals surface area contributed by atoms with Crippen LogP contribution >= 0.6 is 0 Å². The standard InChI is InChI=1S/C23H28N2O2/c1-23(2,20-11-7-4-8-12-20)22(27)25-17-15-24(16-18-25)21(26)14-13-19-9-5-3-6-10-19/h3-12H,13-18H2,1-2H3. The van der Waals surface area contributed by atoms with Gasteiger partial charge in [0, 0.05) is 32.6 Å². The SMILES string of the molecule is CC(C)(C(=O)N1CCN(C(=O)CCc2ccccc2)CC1)c1ccccc1. The van der Waals surface area contributed by atoms with Gasteiger partial charge in [-0.15, -0.1) is 0 Å². The van der Waals surface area contributed by atoms with Crippen LogP contribution in [0.1, 0.15) is 31.4 Å². The highest BCUT2D eigenvalue weighted by Gasteiger charge is 2.35. The van der Waals surface area contributed by atoms with Crippen molar-refractivity contribution in [1.29, 1.82) is 0 Å². The van der Waals surface area contributed by atoms with E-state index < -0.39 is 5.41 Å². The van der Waals surface area contributed by atoms with Gasteiger partial charge in [-0.3, -0.25) is 9.59 Å². The molecule has 0 saturated carbocycles. The minimum atomic E-state index is -0.555. The number of carbonyl (C=O) groups excluding carboxylic acids is 2. The van der Waals surface area contributed by atoms with E-state index in [1.165, 1.54) is 5.56 Å². The maximum Gasteiger partial charge on any atom is 0.232 e. The van der Waals surface area contributed by atoms with Crippen molar-refractivity contribution in [2.75, 3.05) is 26.2 Å². The first-order valence-electron chi connectivity index (χ1n) is 9.65. The van der Waals surface area contributed by atoms with E-state index in [1.807, 2.05) is 72.2 Å². The molecule has 1 aliphatic rings. The third kappa shape index (κ3) is 4.57. The second-order valence-electron chi connectivity index (χ2n) is 7.65. The van der Waals surface area contributed by atoms with Gasteiger partial charge in [0.15, 0.2) is 0 Å². The average Bonchev–Trinajstić information content (AvgIpc) is 2.73. The lowest BCUT2D eigenvalue weighted by Crippen LogP contribution is -2.54. The highest BCUT2D eigenvalue weighted by atomic mass is 16.2. The van der Waals surface area contributed by atoms with E-state index in [0.29, 0.717) is 32.6 Å². The van der Waals surface area contributed by atoms with Crippen LogP contribution in [0.5, 0.6) is 0 Å². The lowest BCUT2D eigenvalue weighted by atomic mass is 9.83. The molecule has 4 heteroatoms. The first-order valence-corrected chi connectivity index (χ1v) is 9.65. The van der Waals surface area contributed by atoms with Crippen molar-refractivity contribution < 1.29 is 9.59 Å². The van der Waals surface area contributed by atoms with Gasteiger partial charge in [-0.05, 0) is 31.4 Å². The molecule has 0 unspecified atom stereocenters. The van der Waals surface area contributed by atoms with Gasteiger partial charge >= 0.3 is 0 Å². The van der Waals surface area contributed by atoms with Crippen LogP contribution in [0.3, 0.4) is 0 Å². The Morgan fingerprint density at radius 2 is 1.33 bits per heavy atom. The Labute approximate surface area is 161 Å². The maximum absolute atomic E-state index is 13.0. The summed E-state index contributed by atoms with van der Waals surface area (Å²) in [4.78, 5) is 29.3. The summed E-state index contributed by atoms with van der Waals surface area (Å²) in [7, 11) is 0. The molecule has 0 spiro atoms. The zero-order valence-corrected chi connectivity index (χ0v) is 16.2. The van der Waals surface area contributed by atoms with Crippen LogP contribution in [0.25, 0.3) is 0 Å². The number of piperazine rings is 1. The smallest absolute Gasteiger partial charge is 0.232 e. The van der Waals surface area contributed by atoms with Crippen LogP contribution in [0.4, 0.5) is 0 Å². The quantitative estimate of drug-likeness (QED) is 0.817. The Morgan fingerprint density at radius 3 is 1.93 bits per heavy atom. The van der Waals surface area contributed by atoms with Gasteiger partial charge in [-0.1, -0.05) is 60.7 Å². The normalized spacial score (nSPS) is 14.9. The molecule has 0 N–H and O–H groups in total. The number of hydrogen-bond donors (Lipinski definition) is 0. The van der Waals surface area contributed by atoms with Crippen molar-refractivity contribution >= 4 is 11.8 Å². The molecule has 0 radical (unpaired) electrons. The van der Waals surface area contributed by atoms with Crippen LogP contribution in [-0.2, 0) is 21.4 Å². The molecular weight excluding hydrogens is 336 g/mol. The Hall–Kier alpha value is -2.62. The summed E-state index contributed by atoms with van der Waals surface area (Å²) in [5.74, 6) is 0.304. The number of benzene rings is 2. The number of hydrogen-bond acceptors (Lipinski definition) is 2. The van der Waals surface area contributed by atoms with E-state index in [2.05, 4.69) is 12.1 Å². The van der Waals surface area contributed by atoms with Crippen molar-refractivity contribution in [3.63, 3.8) is 0 Å². The first-order chi connectivity index (χ1) is 13.0. The second kappa shape index (κ2) is 8.38. The number of amides is 2. The lowest BCUT2D eigenvalue weighted by Gasteiger charge is -2.39. The van der Waals surface area contributed by atoms with Crippen LogP contribution < -0.4 is 0 Å². The van der Waals surface area contributed by atoms with E-state index in [4.69, 9.17) is 0 Å². The molecule has 0 bridgehead atoms. The second-order valence-corrected chi connectivity index (χ2v) is 7.65. The van der Waals surface area contributed by atoms with Crippen molar-refractivity contribution in [3.8, 4) is 0 Å². The third-order valence-corrected chi connectivity index (χ3v) is 5.42. The van der Waals surface area contributed by atoms with Crippen LogP contribution in [-0.4, -0.2) is 47.8 Å². The summed E-state index contributed by atoms with van der Waals surface area (Å²) in [6, 6.07) is 20.0. The molecule has 1 saturated heterocycles. The average molecular weight is 364 g/mol. The molecule has 4 nitrogen and oxygen atoms in total. The van der Waals surface area contributed by atoms with Gasteiger partial charge in [-0.2, -0.15) is 0 Å². The molecule has 142 valence electrons. The van der Waals surface area contributed by atoms with Gasteiger partial charge in [-0.25, -0.2) is 0 Å². The van der Waals surface area contributed by atoms with Gasteiger partial charge in [0.2, 0.25) is 11.8 Å². The molecular formula is C23H28N2O2. The fourth-order valence-electron chi connectivity index (χ4n) is 3.59. The molecule has 27 heavy (non-hydrogen) atoms.